The maximum Gasteiger partial charge on any atom is 0.242 e. The Morgan fingerprint density at radius 3 is 2.00 bits per heavy atom. The van der Waals surface area contributed by atoms with Gasteiger partial charge in [0.2, 0.25) is 16.6 Å². The van der Waals surface area contributed by atoms with Gasteiger partial charge in [0.05, 0.1) is 0 Å². The minimum Gasteiger partial charge on any atom is -0.544 e. The van der Waals surface area contributed by atoms with Crippen molar-refractivity contribution in [1.82, 2.24) is 0 Å². The smallest absolute Gasteiger partial charge is 0.242 e. The van der Waals surface area contributed by atoms with E-state index in [2.05, 4.69) is 52.3 Å². The maximum atomic E-state index is 6.20. The van der Waals surface area contributed by atoms with Crippen molar-refractivity contribution in [2.24, 2.45) is 0 Å². The van der Waals surface area contributed by atoms with Crippen LogP contribution >= 0.6 is 0 Å². The van der Waals surface area contributed by atoms with Gasteiger partial charge in [-0.15, -0.1) is 0 Å². The molecular weight excluding hydrogens is 256 g/mol. The second-order valence-electron chi connectivity index (χ2n) is 6.95. The van der Waals surface area contributed by atoms with Gasteiger partial charge in [-0.25, -0.2) is 0 Å². The Labute approximate surface area is 114 Å². The quantitative estimate of drug-likeness (QED) is 0.637. The first-order valence-corrected chi connectivity index (χ1v) is 13.7. The molecule has 4 heteroatoms. The van der Waals surface area contributed by atoms with Crippen LogP contribution in [0.5, 0.6) is 0 Å². The Balaban J connectivity index is 2.85. The van der Waals surface area contributed by atoms with E-state index in [0.29, 0.717) is 0 Å². The first-order valence-electron chi connectivity index (χ1n) is 6.91. The predicted octanol–water partition coefficient (Wildman–Crippen LogP) is 5.03. The summed E-state index contributed by atoms with van der Waals surface area (Å²) in [5.74, 6) is 2.10. The monoisotopic (exact) mass is 284 g/mol. The second-order valence-corrected chi connectivity index (χ2v) is 15.8. The minimum absolute atomic E-state index is 0.956. The van der Waals surface area contributed by atoms with Gasteiger partial charge in [-0.2, -0.15) is 0 Å². The lowest BCUT2D eigenvalue weighted by atomic mass is 10.1. The fourth-order valence-corrected chi connectivity index (χ4v) is 3.71. The molecule has 1 aliphatic carbocycles. The Kier molecular flexibility index (Phi) is 4.89. The van der Waals surface area contributed by atoms with Crippen molar-refractivity contribution >= 4 is 16.6 Å². The first kappa shape index (κ1) is 15.6. The van der Waals surface area contributed by atoms with E-state index in [-0.39, 0.29) is 0 Å². The molecule has 0 N–H and O–H groups in total. The molecule has 0 aliphatic heterocycles. The molecule has 0 unspecified atom stereocenters. The van der Waals surface area contributed by atoms with Crippen LogP contribution in [-0.4, -0.2) is 16.6 Å². The summed E-state index contributed by atoms with van der Waals surface area (Å²) in [5, 5.41) is 0. The number of allylic oxidation sites excluding steroid dienone is 2. The lowest BCUT2D eigenvalue weighted by molar-refractivity contribution is 0.352. The molecule has 0 fully saturated rings. The van der Waals surface area contributed by atoms with Crippen molar-refractivity contribution in [2.75, 3.05) is 0 Å². The fraction of sp³-hybridized carbons (Fsp3) is 0.714. The van der Waals surface area contributed by atoms with Gasteiger partial charge in [0.1, 0.15) is 11.5 Å². The molecule has 0 saturated carbocycles. The van der Waals surface area contributed by atoms with Crippen LogP contribution in [0.25, 0.3) is 0 Å². The third-order valence-electron chi connectivity index (χ3n) is 2.41. The molecule has 104 valence electrons. The average Bonchev–Trinajstić information content (AvgIpc) is 2.42. The molecule has 0 bridgehead atoms. The fourth-order valence-electron chi connectivity index (χ4n) is 1.96. The van der Waals surface area contributed by atoms with Crippen molar-refractivity contribution in [3.8, 4) is 0 Å². The molecule has 0 radical (unpaired) electrons. The van der Waals surface area contributed by atoms with E-state index in [1.807, 2.05) is 0 Å². The maximum absolute atomic E-state index is 6.20. The van der Waals surface area contributed by atoms with Crippen LogP contribution in [0, 0.1) is 0 Å². The van der Waals surface area contributed by atoms with Crippen LogP contribution in [0.15, 0.2) is 23.2 Å². The molecule has 0 amide bonds. The zero-order valence-corrected chi connectivity index (χ0v) is 15.0. The highest BCUT2D eigenvalue weighted by atomic mass is 28.4. The second kappa shape index (κ2) is 5.65. The molecule has 18 heavy (non-hydrogen) atoms. The summed E-state index contributed by atoms with van der Waals surface area (Å²) in [6.45, 7) is 15.6. The molecule has 2 nitrogen and oxygen atoms in total. The highest BCUT2D eigenvalue weighted by molar-refractivity contribution is 6.70. The first-order chi connectivity index (χ1) is 8.11. The van der Waals surface area contributed by atoms with Gasteiger partial charge in [-0.3, -0.25) is 0 Å². The van der Waals surface area contributed by atoms with E-state index in [9.17, 15) is 0 Å². The molecule has 0 aromatic carbocycles. The van der Waals surface area contributed by atoms with Crippen LogP contribution in [0.4, 0.5) is 0 Å². The summed E-state index contributed by atoms with van der Waals surface area (Å²) in [5.41, 5.74) is 1.46. The van der Waals surface area contributed by atoms with Gasteiger partial charge in [0, 0.05) is 6.42 Å². The van der Waals surface area contributed by atoms with Gasteiger partial charge in [-0.05, 0) is 51.8 Å². The molecule has 0 spiro atoms. The molecule has 0 aromatic rings. The van der Waals surface area contributed by atoms with Gasteiger partial charge < -0.3 is 8.85 Å². The molecule has 1 rings (SSSR count). The lowest BCUT2D eigenvalue weighted by Crippen LogP contribution is -2.28. The van der Waals surface area contributed by atoms with Gasteiger partial charge in [0.15, 0.2) is 0 Å². The van der Waals surface area contributed by atoms with Crippen molar-refractivity contribution in [1.29, 1.82) is 0 Å². The SMILES string of the molecule is CCCC1=CC(O[Si](C)(C)C)=C(O[Si](C)(C)C)C1. The van der Waals surface area contributed by atoms with Gasteiger partial charge >= 0.3 is 0 Å². The van der Waals surface area contributed by atoms with Crippen molar-refractivity contribution in [3.63, 3.8) is 0 Å². The summed E-state index contributed by atoms with van der Waals surface area (Å²) in [6.07, 6.45) is 5.51. The largest absolute Gasteiger partial charge is 0.544 e. The van der Waals surface area contributed by atoms with E-state index in [1.165, 1.54) is 12.0 Å². The standard InChI is InChI=1S/C14H28O2Si2/c1-8-9-12-10-13(15-17(2,3)4)14(11-12)16-18(5,6)7/h10H,8-9,11H2,1-7H3. The van der Waals surface area contributed by atoms with E-state index in [1.54, 1.807) is 0 Å². The van der Waals surface area contributed by atoms with Crippen LogP contribution in [0.2, 0.25) is 39.3 Å². The zero-order valence-electron chi connectivity index (χ0n) is 13.0. The Hall–Kier alpha value is -0.486. The predicted molar refractivity (Wildman–Crippen MR) is 83.5 cm³/mol. The Morgan fingerprint density at radius 1 is 1.00 bits per heavy atom. The summed E-state index contributed by atoms with van der Waals surface area (Å²) < 4.78 is 12.4. The molecule has 0 atom stereocenters. The number of rotatable bonds is 6. The topological polar surface area (TPSA) is 18.5 Å². The Morgan fingerprint density at radius 2 is 1.56 bits per heavy atom. The van der Waals surface area contributed by atoms with E-state index >= 15 is 0 Å². The molecule has 0 aromatic heterocycles. The van der Waals surface area contributed by atoms with Crippen molar-refractivity contribution < 1.29 is 8.85 Å². The molecule has 0 saturated heterocycles. The van der Waals surface area contributed by atoms with Crippen LogP contribution < -0.4 is 0 Å². The summed E-state index contributed by atoms with van der Waals surface area (Å²) >= 11 is 0. The van der Waals surface area contributed by atoms with Crippen LogP contribution in [-0.2, 0) is 8.85 Å². The van der Waals surface area contributed by atoms with E-state index in [4.69, 9.17) is 8.85 Å². The lowest BCUT2D eigenvalue weighted by Gasteiger charge is -2.25. The van der Waals surface area contributed by atoms with Crippen molar-refractivity contribution in [3.05, 3.63) is 23.2 Å². The van der Waals surface area contributed by atoms with Crippen LogP contribution in [0.1, 0.15) is 26.2 Å². The summed E-state index contributed by atoms with van der Waals surface area (Å²) in [7, 11) is -3.11. The number of hydrogen-bond acceptors (Lipinski definition) is 2. The van der Waals surface area contributed by atoms with E-state index in [0.717, 1.165) is 24.4 Å². The third kappa shape index (κ3) is 5.44. The Bertz CT molecular complexity index is 357. The van der Waals surface area contributed by atoms with Crippen LogP contribution in [0.3, 0.4) is 0 Å². The molecular formula is C14H28O2Si2. The van der Waals surface area contributed by atoms with E-state index < -0.39 is 16.6 Å². The summed E-state index contributed by atoms with van der Waals surface area (Å²) in [4.78, 5) is 0. The molecule has 1 aliphatic rings. The third-order valence-corrected chi connectivity index (χ3v) is 4.11. The highest BCUT2D eigenvalue weighted by Crippen LogP contribution is 2.33. The van der Waals surface area contributed by atoms with Gasteiger partial charge in [0.25, 0.3) is 0 Å². The summed E-state index contributed by atoms with van der Waals surface area (Å²) in [6, 6.07) is 0. The highest BCUT2D eigenvalue weighted by Gasteiger charge is 2.27. The minimum atomic E-state index is -1.56. The normalized spacial score (nSPS) is 16.9. The van der Waals surface area contributed by atoms with Gasteiger partial charge in [-0.1, -0.05) is 18.9 Å². The van der Waals surface area contributed by atoms with Crippen molar-refractivity contribution in [2.45, 2.75) is 65.5 Å². The molecule has 0 heterocycles. The average molecular weight is 285 g/mol. The zero-order chi connectivity index (χ0) is 14.0. The number of hydrogen-bond donors (Lipinski definition) is 0.